The molecule has 9 heteroatoms. The molecular weight excluding hydrogens is 450 g/mol. The van der Waals surface area contributed by atoms with Crippen LogP contribution in [-0.2, 0) is 19.7 Å². The highest BCUT2D eigenvalue weighted by molar-refractivity contribution is 7.94. The van der Waals surface area contributed by atoms with Gasteiger partial charge in [-0.15, -0.1) is 0 Å². The molecule has 0 aliphatic heterocycles. The Morgan fingerprint density at radius 3 is 2.00 bits per heavy atom. The zero-order valence-electron chi connectivity index (χ0n) is 18.6. The number of carbonyl (C=O) groups is 1. The number of pyridine rings is 1. The lowest BCUT2D eigenvalue weighted by molar-refractivity contribution is 0.103. The van der Waals surface area contributed by atoms with Crippen molar-refractivity contribution in [2.24, 2.45) is 0 Å². The van der Waals surface area contributed by atoms with E-state index in [0.717, 1.165) is 0 Å². The van der Waals surface area contributed by atoms with E-state index in [1.807, 2.05) is 0 Å². The molecule has 0 saturated carbocycles. The molecule has 0 radical (unpaired) electrons. The number of nitrogens with zero attached hydrogens (tertiary/aromatic N) is 1. The van der Waals surface area contributed by atoms with E-state index >= 15 is 0 Å². The molecule has 0 amide bonds. The second-order valence-electron chi connectivity index (χ2n) is 7.61. The highest BCUT2D eigenvalue weighted by atomic mass is 32.2. The summed E-state index contributed by atoms with van der Waals surface area (Å²) < 4.78 is 60.0. The molecule has 3 aromatic rings. The van der Waals surface area contributed by atoms with E-state index in [1.54, 1.807) is 45.0 Å². The molecule has 2 heterocycles. The molecular formula is C23H27NO6S2. The average molecular weight is 478 g/mol. The number of hydrogen-bond acceptors (Lipinski definition) is 6. The lowest BCUT2D eigenvalue weighted by Crippen LogP contribution is -2.17. The van der Waals surface area contributed by atoms with E-state index in [1.165, 1.54) is 29.8 Å². The summed E-state index contributed by atoms with van der Waals surface area (Å²) >= 11 is 0. The van der Waals surface area contributed by atoms with Gasteiger partial charge in [0.2, 0.25) is 5.78 Å². The van der Waals surface area contributed by atoms with Crippen molar-refractivity contribution in [2.75, 3.05) is 18.6 Å². The standard InChI is InChI=1S/C23H27NO6S2/c1-5-14-31(26,27)22-19-16(3)8-7-13-24(19)20(23(22)32(28,29)15-6-2)21(25)17-9-11-18(30-4)12-10-17/h7-13H,5-6,14-15H2,1-4H3. The summed E-state index contributed by atoms with van der Waals surface area (Å²) in [4.78, 5) is 12.9. The highest BCUT2D eigenvalue weighted by Crippen LogP contribution is 2.37. The van der Waals surface area contributed by atoms with Gasteiger partial charge in [0.05, 0.1) is 24.1 Å². The lowest BCUT2D eigenvalue weighted by atomic mass is 10.1. The number of methoxy groups -OCH3 is 1. The number of hydrogen-bond donors (Lipinski definition) is 0. The van der Waals surface area contributed by atoms with E-state index in [0.29, 0.717) is 17.7 Å². The minimum atomic E-state index is -4.06. The summed E-state index contributed by atoms with van der Waals surface area (Å²) in [6.45, 7) is 5.12. The number of carbonyl (C=O) groups excluding carboxylic acids is 1. The van der Waals surface area contributed by atoms with Gasteiger partial charge < -0.3 is 9.14 Å². The molecule has 7 nitrogen and oxygen atoms in total. The molecule has 0 aliphatic carbocycles. The molecule has 172 valence electrons. The Hall–Kier alpha value is -2.65. The number of aromatic nitrogens is 1. The van der Waals surface area contributed by atoms with Crippen LogP contribution in [0.5, 0.6) is 5.75 Å². The monoisotopic (exact) mass is 477 g/mol. The fourth-order valence-corrected chi connectivity index (χ4v) is 7.87. The van der Waals surface area contributed by atoms with Crippen molar-refractivity contribution in [3.63, 3.8) is 0 Å². The zero-order valence-corrected chi connectivity index (χ0v) is 20.2. The van der Waals surface area contributed by atoms with Crippen LogP contribution in [0.15, 0.2) is 52.4 Å². The first-order valence-electron chi connectivity index (χ1n) is 10.4. The van der Waals surface area contributed by atoms with Crippen LogP contribution in [0.25, 0.3) is 5.52 Å². The van der Waals surface area contributed by atoms with Crippen molar-refractivity contribution in [2.45, 2.75) is 43.4 Å². The minimum absolute atomic E-state index is 0.156. The third-order valence-electron chi connectivity index (χ3n) is 5.21. The lowest BCUT2D eigenvalue weighted by Gasteiger charge is -2.09. The summed E-state index contributed by atoms with van der Waals surface area (Å²) in [7, 11) is -6.53. The van der Waals surface area contributed by atoms with Crippen molar-refractivity contribution >= 4 is 31.0 Å². The van der Waals surface area contributed by atoms with Gasteiger partial charge in [-0.05, 0) is 55.7 Å². The normalized spacial score (nSPS) is 12.2. The van der Waals surface area contributed by atoms with Crippen LogP contribution in [0.3, 0.4) is 0 Å². The van der Waals surface area contributed by atoms with Gasteiger partial charge >= 0.3 is 0 Å². The first-order valence-corrected chi connectivity index (χ1v) is 13.7. The fourth-order valence-electron chi connectivity index (χ4n) is 3.83. The Bertz CT molecular complexity index is 1370. The molecule has 1 aromatic carbocycles. The summed E-state index contributed by atoms with van der Waals surface area (Å²) in [5, 5.41) is 0. The van der Waals surface area contributed by atoms with Gasteiger partial charge in [0.1, 0.15) is 21.2 Å². The SMILES string of the molecule is CCCS(=O)(=O)c1c(S(=O)(=O)CCC)c2c(C)cccn2c1C(=O)c1ccc(OC)cc1. The number of fused-ring (bicyclic) bond motifs is 1. The number of aryl methyl sites for hydroxylation is 1. The van der Waals surface area contributed by atoms with Gasteiger partial charge in [-0.3, -0.25) is 4.79 Å². The molecule has 0 fully saturated rings. The van der Waals surface area contributed by atoms with Gasteiger partial charge in [0.25, 0.3) is 0 Å². The van der Waals surface area contributed by atoms with Gasteiger partial charge in [-0.1, -0.05) is 19.9 Å². The maximum absolute atomic E-state index is 13.6. The van der Waals surface area contributed by atoms with Crippen molar-refractivity contribution in [1.29, 1.82) is 0 Å². The maximum Gasteiger partial charge on any atom is 0.211 e. The summed E-state index contributed by atoms with van der Waals surface area (Å²) in [6, 6.07) is 9.64. The third kappa shape index (κ3) is 4.19. The van der Waals surface area contributed by atoms with E-state index in [-0.39, 0.29) is 39.6 Å². The number of rotatable bonds is 9. The van der Waals surface area contributed by atoms with Crippen molar-refractivity contribution in [3.05, 3.63) is 59.4 Å². The van der Waals surface area contributed by atoms with Gasteiger partial charge in [0.15, 0.2) is 19.7 Å². The smallest absolute Gasteiger partial charge is 0.211 e. The second kappa shape index (κ2) is 9.07. The molecule has 3 rings (SSSR count). The predicted octanol–water partition coefficient (Wildman–Crippen LogP) is 3.85. The molecule has 0 spiro atoms. The van der Waals surface area contributed by atoms with Gasteiger partial charge in [-0.2, -0.15) is 0 Å². The predicted molar refractivity (Wildman–Crippen MR) is 123 cm³/mol. The quantitative estimate of drug-likeness (QED) is 0.434. The molecule has 2 aromatic heterocycles. The first kappa shape index (κ1) is 24.0. The summed E-state index contributed by atoms with van der Waals surface area (Å²) in [5.41, 5.74) is 0.882. The van der Waals surface area contributed by atoms with Crippen LogP contribution < -0.4 is 4.74 Å². The number of benzene rings is 1. The van der Waals surface area contributed by atoms with Crippen molar-refractivity contribution < 1.29 is 26.4 Å². The molecule has 0 unspecified atom stereocenters. The largest absolute Gasteiger partial charge is 0.497 e. The Balaban J connectivity index is 2.49. The zero-order chi connectivity index (χ0) is 23.7. The Morgan fingerprint density at radius 1 is 0.906 bits per heavy atom. The number of ketones is 1. The number of sulfone groups is 2. The summed E-state index contributed by atoms with van der Waals surface area (Å²) in [6.07, 6.45) is 2.15. The van der Waals surface area contributed by atoms with Gasteiger partial charge in [-0.25, -0.2) is 16.8 Å². The van der Waals surface area contributed by atoms with Crippen LogP contribution >= 0.6 is 0 Å². The molecule has 0 saturated heterocycles. The second-order valence-corrected chi connectivity index (χ2v) is 11.7. The van der Waals surface area contributed by atoms with E-state index in [9.17, 15) is 21.6 Å². The average Bonchev–Trinajstić information content (AvgIpc) is 3.12. The van der Waals surface area contributed by atoms with Crippen LogP contribution in [0.1, 0.15) is 48.3 Å². The molecule has 32 heavy (non-hydrogen) atoms. The van der Waals surface area contributed by atoms with Gasteiger partial charge in [0, 0.05) is 11.8 Å². The van der Waals surface area contributed by atoms with E-state index in [4.69, 9.17) is 4.74 Å². The molecule has 0 bridgehead atoms. The van der Waals surface area contributed by atoms with Crippen molar-refractivity contribution in [1.82, 2.24) is 4.40 Å². The Morgan fingerprint density at radius 2 is 1.47 bits per heavy atom. The number of ether oxygens (including phenoxy) is 1. The minimum Gasteiger partial charge on any atom is -0.497 e. The molecule has 0 atom stereocenters. The first-order chi connectivity index (χ1) is 15.1. The topological polar surface area (TPSA) is 99.0 Å². The van der Waals surface area contributed by atoms with E-state index < -0.39 is 30.4 Å². The van der Waals surface area contributed by atoms with E-state index in [2.05, 4.69) is 0 Å². The maximum atomic E-state index is 13.6. The fraction of sp³-hybridized carbons (Fsp3) is 0.348. The van der Waals surface area contributed by atoms with Crippen LogP contribution in [0.2, 0.25) is 0 Å². The Kier molecular flexibility index (Phi) is 6.80. The molecule has 0 N–H and O–H groups in total. The van der Waals surface area contributed by atoms with Crippen LogP contribution in [0, 0.1) is 6.92 Å². The highest BCUT2D eigenvalue weighted by Gasteiger charge is 2.37. The van der Waals surface area contributed by atoms with Crippen LogP contribution in [0.4, 0.5) is 0 Å². The Labute approximate surface area is 188 Å². The van der Waals surface area contributed by atoms with Crippen LogP contribution in [-0.4, -0.2) is 45.6 Å². The third-order valence-corrected chi connectivity index (χ3v) is 9.27. The molecule has 0 aliphatic rings. The van der Waals surface area contributed by atoms with Crippen molar-refractivity contribution in [3.8, 4) is 5.75 Å². The summed E-state index contributed by atoms with van der Waals surface area (Å²) in [5.74, 6) is -0.505.